The number of sulfone groups is 3. The van der Waals surface area contributed by atoms with Crippen molar-refractivity contribution >= 4 is 29.5 Å². The second kappa shape index (κ2) is 10.1. The third-order valence-electron chi connectivity index (χ3n) is 3.62. The van der Waals surface area contributed by atoms with Gasteiger partial charge in [-0.05, 0) is 54.4 Å². The second-order valence-corrected chi connectivity index (χ2v) is 15.0. The maximum absolute atomic E-state index is 11.1. The largest absolute Gasteiger partial charge is 0.229 e. The summed E-state index contributed by atoms with van der Waals surface area (Å²) in [6, 6.07) is 0. The van der Waals surface area contributed by atoms with E-state index in [-0.39, 0.29) is 26.8 Å². The van der Waals surface area contributed by atoms with E-state index in [0.29, 0.717) is 0 Å². The molecule has 0 aromatic carbocycles. The topological polar surface area (TPSA) is 102 Å². The van der Waals surface area contributed by atoms with Crippen molar-refractivity contribution in [2.24, 2.45) is 0 Å². The summed E-state index contributed by atoms with van der Waals surface area (Å²) >= 11 is 0. The quantitative estimate of drug-likeness (QED) is 0.694. The molecule has 0 aromatic heterocycles. The molecule has 1 aliphatic carbocycles. The third-order valence-corrected chi connectivity index (χ3v) is 10.3. The van der Waals surface area contributed by atoms with Crippen LogP contribution in [0.25, 0.3) is 0 Å². The van der Waals surface area contributed by atoms with Gasteiger partial charge in [0.1, 0.15) is 9.84 Å². The van der Waals surface area contributed by atoms with E-state index in [0.717, 1.165) is 12.8 Å². The van der Waals surface area contributed by atoms with Gasteiger partial charge in [-0.2, -0.15) is 0 Å². The molecular weight excluding hydrogens is 372 g/mol. The molecule has 0 heterocycles. The van der Waals surface area contributed by atoms with Gasteiger partial charge in [-0.3, -0.25) is 0 Å². The smallest absolute Gasteiger partial charge is 0.155 e. The van der Waals surface area contributed by atoms with Gasteiger partial charge in [0.15, 0.2) is 19.7 Å². The van der Waals surface area contributed by atoms with Gasteiger partial charge in [0.05, 0.1) is 21.0 Å². The fourth-order valence-corrected chi connectivity index (χ4v) is 3.34. The van der Waals surface area contributed by atoms with Gasteiger partial charge in [0, 0.05) is 12.0 Å². The second-order valence-electron chi connectivity index (χ2n) is 6.72. The molecule has 0 N–H and O–H groups in total. The molecule has 0 aliphatic heterocycles. The van der Waals surface area contributed by atoms with E-state index in [9.17, 15) is 25.3 Å². The molecule has 0 atom stereocenters. The van der Waals surface area contributed by atoms with Crippen LogP contribution >= 0.6 is 0 Å². The van der Waals surface area contributed by atoms with Crippen LogP contribution < -0.4 is 0 Å². The molecule has 1 saturated carbocycles. The Labute approximate surface area is 149 Å². The minimum absolute atomic E-state index is 0.0116. The Morgan fingerprint density at radius 1 is 0.750 bits per heavy atom. The van der Waals surface area contributed by atoms with Crippen LogP contribution in [0, 0.1) is 0 Å². The molecule has 0 unspecified atom stereocenters. The highest BCUT2D eigenvalue weighted by molar-refractivity contribution is 7.93. The number of hydrogen-bond donors (Lipinski definition) is 0. The highest BCUT2D eigenvalue weighted by atomic mass is 32.2. The Balaban J connectivity index is 0. The molecule has 0 bridgehead atoms. The first kappa shape index (κ1) is 26.1. The van der Waals surface area contributed by atoms with E-state index in [1.807, 2.05) is 0 Å². The maximum atomic E-state index is 11.1. The van der Waals surface area contributed by atoms with Crippen LogP contribution in [-0.2, 0) is 29.5 Å². The van der Waals surface area contributed by atoms with Crippen molar-refractivity contribution in [3.8, 4) is 0 Å². The summed E-state index contributed by atoms with van der Waals surface area (Å²) in [4.78, 5) is 0. The Morgan fingerprint density at radius 3 is 1.12 bits per heavy atom. The lowest BCUT2D eigenvalue weighted by atomic mass is 10.6. The fraction of sp³-hybridized carbons (Fsp3) is 1.00. The first-order valence-corrected chi connectivity index (χ1v) is 13.4. The van der Waals surface area contributed by atoms with E-state index < -0.39 is 29.5 Å². The van der Waals surface area contributed by atoms with Crippen molar-refractivity contribution in [3.63, 3.8) is 0 Å². The maximum Gasteiger partial charge on any atom is 0.155 e. The van der Waals surface area contributed by atoms with Gasteiger partial charge in [-0.25, -0.2) is 25.3 Å². The standard InChI is InChI=1S/C6H12O2S.C5H12O2S.C4H10O2S/c1-5(2)9(7,8)6-3-4-6;1-4-8(6,7)5(2)3;1-4(2)7(3,5)6/h5-6H,3-4H2,1-2H3;5H,4H2,1-3H3;4H,1-3H3. The monoisotopic (exact) mass is 406 g/mol. The van der Waals surface area contributed by atoms with Crippen LogP contribution in [0.15, 0.2) is 0 Å². The summed E-state index contributed by atoms with van der Waals surface area (Å²) < 4.78 is 64.2. The predicted molar refractivity (Wildman–Crippen MR) is 102 cm³/mol. The molecule has 0 saturated heterocycles. The lowest BCUT2D eigenvalue weighted by Crippen LogP contribution is -2.18. The van der Waals surface area contributed by atoms with Crippen molar-refractivity contribution < 1.29 is 25.3 Å². The van der Waals surface area contributed by atoms with E-state index in [4.69, 9.17) is 0 Å². The summed E-state index contributed by atoms with van der Waals surface area (Å²) in [5.41, 5.74) is 0. The Bertz CT molecular complexity index is 644. The normalized spacial score (nSPS) is 15.6. The Hall–Kier alpha value is -0.150. The third kappa shape index (κ3) is 10.7. The molecule has 148 valence electrons. The van der Waals surface area contributed by atoms with Crippen LogP contribution in [0.4, 0.5) is 0 Å². The summed E-state index contributed by atoms with van der Waals surface area (Å²) in [5, 5.41) is -0.609. The molecule has 1 rings (SSSR count). The van der Waals surface area contributed by atoms with E-state index in [1.54, 1.807) is 48.5 Å². The van der Waals surface area contributed by atoms with Crippen LogP contribution in [0.5, 0.6) is 0 Å². The van der Waals surface area contributed by atoms with Crippen molar-refractivity contribution in [2.45, 2.75) is 82.3 Å². The van der Waals surface area contributed by atoms with Gasteiger partial charge < -0.3 is 0 Å². The average molecular weight is 407 g/mol. The average Bonchev–Trinajstić information content (AvgIpc) is 3.23. The summed E-state index contributed by atoms with van der Waals surface area (Å²) in [7, 11) is -8.18. The zero-order valence-corrected chi connectivity index (χ0v) is 18.6. The molecule has 1 fully saturated rings. The lowest BCUT2D eigenvalue weighted by molar-refractivity contribution is 0.585. The minimum atomic E-state index is -2.74. The van der Waals surface area contributed by atoms with E-state index >= 15 is 0 Å². The highest BCUT2D eigenvalue weighted by Gasteiger charge is 2.37. The first-order valence-electron chi connectivity index (χ1n) is 8.13. The van der Waals surface area contributed by atoms with Gasteiger partial charge in [0.25, 0.3) is 0 Å². The first-order chi connectivity index (χ1) is 10.5. The zero-order chi connectivity index (χ0) is 19.9. The molecule has 0 amide bonds. The molecule has 0 spiro atoms. The SMILES string of the molecule is CC(C)S(=O)(=O)C1CC1.CC(C)S(C)(=O)=O.CCS(=O)(=O)C(C)C. The van der Waals surface area contributed by atoms with Gasteiger partial charge in [-0.1, -0.05) is 6.92 Å². The van der Waals surface area contributed by atoms with Crippen LogP contribution in [0.2, 0.25) is 0 Å². The van der Waals surface area contributed by atoms with E-state index in [1.165, 1.54) is 6.26 Å². The van der Waals surface area contributed by atoms with Crippen molar-refractivity contribution in [1.29, 1.82) is 0 Å². The van der Waals surface area contributed by atoms with E-state index in [2.05, 4.69) is 0 Å². The summed E-state index contributed by atoms with van der Waals surface area (Å²) in [6.45, 7) is 11.9. The highest BCUT2D eigenvalue weighted by Crippen LogP contribution is 2.30. The lowest BCUT2D eigenvalue weighted by Gasteiger charge is -2.03. The van der Waals surface area contributed by atoms with Gasteiger partial charge in [-0.15, -0.1) is 0 Å². The minimum Gasteiger partial charge on any atom is -0.229 e. The fourth-order valence-electron chi connectivity index (χ4n) is 1.11. The zero-order valence-electron chi connectivity index (χ0n) is 16.1. The van der Waals surface area contributed by atoms with Gasteiger partial charge >= 0.3 is 0 Å². The predicted octanol–water partition coefficient (Wildman–Crippen LogP) is 2.24. The summed E-state index contributed by atoms with van der Waals surface area (Å²) in [6.07, 6.45) is 3.01. The van der Waals surface area contributed by atoms with Crippen molar-refractivity contribution in [2.75, 3.05) is 12.0 Å². The molecule has 0 radical (unpaired) electrons. The van der Waals surface area contributed by atoms with Crippen molar-refractivity contribution in [1.82, 2.24) is 0 Å². The van der Waals surface area contributed by atoms with Crippen molar-refractivity contribution in [3.05, 3.63) is 0 Å². The molecule has 9 heteroatoms. The Kier molecular flexibility index (Phi) is 11.0. The molecule has 6 nitrogen and oxygen atoms in total. The Morgan fingerprint density at radius 2 is 1.08 bits per heavy atom. The number of hydrogen-bond acceptors (Lipinski definition) is 6. The molecule has 24 heavy (non-hydrogen) atoms. The van der Waals surface area contributed by atoms with Crippen LogP contribution in [-0.4, -0.2) is 58.3 Å². The molecule has 1 aliphatic rings. The van der Waals surface area contributed by atoms with Crippen LogP contribution in [0.1, 0.15) is 61.3 Å². The summed E-state index contributed by atoms with van der Waals surface area (Å²) in [5.74, 6) is 0.255. The van der Waals surface area contributed by atoms with Gasteiger partial charge in [0.2, 0.25) is 0 Å². The molecular formula is C15H34O6S3. The van der Waals surface area contributed by atoms with Crippen LogP contribution in [0.3, 0.4) is 0 Å². The molecule has 0 aromatic rings. The number of rotatable bonds is 5.